The summed E-state index contributed by atoms with van der Waals surface area (Å²) in [6.45, 7) is 0. The molecule has 60 valence electrons. The molecule has 0 unspecified atom stereocenters. The van der Waals surface area contributed by atoms with Crippen LogP contribution in [-0.4, -0.2) is 12.0 Å². The van der Waals surface area contributed by atoms with E-state index in [2.05, 4.69) is 46.5 Å². The van der Waals surface area contributed by atoms with Crippen molar-refractivity contribution in [2.24, 2.45) is 0 Å². The second-order valence-electron chi connectivity index (χ2n) is 2.37. The van der Waals surface area contributed by atoms with Gasteiger partial charge in [-0.1, -0.05) is 28.1 Å². The van der Waals surface area contributed by atoms with Crippen molar-refractivity contribution in [2.45, 2.75) is 6.42 Å². The lowest BCUT2D eigenvalue weighted by molar-refractivity contribution is 1.16. The van der Waals surface area contributed by atoms with Gasteiger partial charge in [-0.05, 0) is 36.1 Å². The summed E-state index contributed by atoms with van der Waals surface area (Å²) < 4.78 is 1.16. The van der Waals surface area contributed by atoms with Crippen LogP contribution in [0.3, 0.4) is 0 Å². The quantitative estimate of drug-likeness (QED) is 0.768. The highest BCUT2D eigenvalue weighted by atomic mass is 79.9. The van der Waals surface area contributed by atoms with Crippen LogP contribution in [-0.2, 0) is 6.42 Å². The van der Waals surface area contributed by atoms with Gasteiger partial charge in [-0.15, -0.1) is 0 Å². The SMILES string of the molecule is CSCCc1ccc(Br)cc1. The minimum Gasteiger partial charge on any atom is -0.165 e. The van der Waals surface area contributed by atoms with E-state index in [4.69, 9.17) is 0 Å². The van der Waals surface area contributed by atoms with Crippen LogP contribution in [0.25, 0.3) is 0 Å². The van der Waals surface area contributed by atoms with Gasteiger partial charge in [-0.25, -0.2) is 0 Å². The molecule has 11 heavy (non-hydrogen) atoms. The van der Waals surface area contributed by atoms with Gasteiger partial charge in [0, 0.05) is 4.47 Å². The molecule has 0 aromatic heterocycles. The number of hydrogen-bond acceptors (Lipinski definition) is 1. The van der Waals surface area contributed by atoms with Crippen LogP contribution in [0.2, 0.25) is 0 Å². The maximum atomic E-state index is 3.41. The van der Waals surface area contributed by atoms with Crippen LogP contribution in [0.4, 0.5) is 0 Å². The van der Waals surface area contributed by atoms with Gasteiger partial charge in [0.2, 0.25) is 0 Å². The molecule has 0 atom stereocenters. The van der Waals surface area contributed by atoms with Gasteiger partial charge in [0.05, 0.1) is 0 Å². The highest BCUT2D eigenvalue weighted by molar-refractivity contribution is 9.10. The average Bonchev–Trinajstić information content (AvgIpc) is 2.04. The summed E-state index contributed by atoms with van der Waals surface area (Å²) in [5, 5.41) is 0. The van der Waals surface area contributed by atoms with Gasteiger partial charge in [0.15, 0.2) is 0 Å². The molecule has 1 aromatic carbocycles. The van der Waals surface area contributed by atoms with Crippen LogP contribution in [0, 0.1) is 0 Å². The predicted molar refractivity (Wildman–Crippen MR) is 56.2 cm³/mol. The third kappa shape index (κ3) is 3.30. The first-order valence-electron chi connectivity index (χ1n) is 3.56. The van der Waals surface area contributed by atoms with Crippen LogP contribution in [0.5, 0.6) is 0 Å². The summed E-state index contributed by atoms with van der Waals surface area (Å²) in [7, 11) is 0. The van der Waals surface area contributed by atoms with Gasteiger partial charge in [-0.3, -0.25) is 0 Å². The fourth-order valence-corrected chi connectivity index (χ4v) is 1.58. The fourth-order valence-electron chi connectivity index (χ4n) is 0.871. The Balaban J connectivity index is 2.52. The number of benzene rings is 1. The molecule has 2 heteroatoms. The molecule has 1 rings (SSSR count). The lowest BCUT2D eigenvalue weighted by atomic mass is 10.2. The summed E-state index contributed by atoms with van der Waals surface area (Å²) in [6, 6.07) is 8.52. The van der Waals surface area contributed by atoms with Crippen molar-refractivity contribution in [2.75, 3.05) is 12.0 Å². The standard InChI is InChI=1S/C9H11BrS/c1-11-7-6-8-2-4-9(10)5-3-8/h2-5H,6-7H2,1H3. The van der Waals surface area contributed by atoms with Crippen molar-refractivity contribution in [1.82, 2.24) is 0 Å². The summed E-state index contributed by atoms with van der Waals surface area (Å²) >= 11 is 5.30. The molecule has 0 saturated heterocycles. The Hall–Kier alpha value is 0.0500. The fraction of sp³-hybridized carbons (Fsp3) is 0.333. The molecule has 0 aliphatic heterocycles. The Bertz CT molecular complexity index is 205. The van der Waals surface area contributed by atoms with E-state index in [9.17, 15) is 0 Å². The van der Waals surface area contributed by atoms with E-state index in [0.29, 0.717) is 0 Å². The van der Waals surface area contributed by atoms with Crippen LogP contribution >= 0.6 is 27.7 Å². The van der Waals surface area contributed by atoms with E-state index < -0.39 is 0 Å². The molecule has 0 aliphatic carbocycles. The van der Waals surface area contributed by atoms with Gasteiger partial charge in [0.25, 0.3) is 0 Å². The maximum Gasteiger partial charge on any atom is 0.0175 e. The molecule has 0 N–H and O–H groups in total. The number of rotatable bonds is 3. The highest BCUT2D eigenvalue weighted by Crippen LogP contribution is 2.11. The van der Waals surface area contributed by atoms with Crippen molar-refractivity contribution >= 4 is 27.7 Å². The first-order chi connectivity index (χ1) is 5.33. The smallest absolute Gasteiger partial charge is 0.0175 e. The van der Waals surface area contributed by atoms with Crippen molar-refractivity contribution in [3.05, 3.63) is 34.3 Å². The molecule has 0 heterocycles. The zero-order valence-electron chi connectivity index (χ0n) is 6.51. The summed E-state index contributed by atoms with van der Waals surface area (Å²) in [6.07, 6.45) is 3.31. The van der Waals surface area contributed by atoms with E-state index in [1.165, 1.54) is 17.7 Å². The van der Waals surface area contributed by atoms with Crippen molar-refractivity contribution in [1.29, 1.82) is 0 Å². The molecule has 0 saturated carbocycles. The topological polar surface area (TPSA) is 0 Å². The first-order valence-corrected chi connectivity index (χ1v) is 5.75. The molecule has 0 aliphatic rings. The van der Waals surface area contributed by atoms with Gasteiger partial charge in [-0.2, -0.15) is 11.8 Å². The van der Waals surface area contributed by atoms with Gasteiger partial charge < -0.3 is 0 Å². The van der Waals surface area contributed by atoms with E-state index in [1.54, 1.807) is 0 Å². The van der Waals surface area contributed by atoms with E-state index in [0.717, 1.165) is 4.47 Å². The summed E-state index contributed by atoms with van der Waals surface area (Å²) in [5.41, 5.74) is 1.42. The monoisotopic (exact) mass is 230 g/mol. The van der Waals surface area contributed by atoms with Crippen molar-refractivity contribution in [3.8, 4) is 0 Å². The molecule has 0 radical (unpaired) electrons. The molecule has 0 nitrogen and oxygen atoms in total. The van der Waals surface area contributed by atoms with Crippen LogP contribution < -0.4 is 0 Å². The van der Waals surface area contributed by atoms with Gasteiger partial charge in [0.1, 0.15) is 0 Å². The van der Waals surface area contributed by atoms with Crippen molar-refractivity contribution in [3.63, 3.8) is 0 Å². The Kier molecular flexibility index (Phi) is 4.02. The first kappa shape index (κ1) is 9.14. The number of aryl methyl sites for hydroxylation is 1. The lowest BCUT2D eigenvalue weighted by Crippen LogP contribution is -1.86. The number of hydrogen-bond donors (Lipinski definition) is 0. The lowest BCUT2D eigenvalue weighted by Gasteiger charge is -1.98. The molecular formula is C9H11BrS. The third-order valence-corrected chi connectivity index (χ3v) is 2.65. The molecule has 0 spiro atoms. The Morgan fingerprint density at radius 2 is 1.91 bits per heavy atom. The molecule has 0 bridgehead atoms. The van der Waals surface area contributed by atoms with Crippen LogP contribution in [0.15, 0.2) is 28.7 Å². The Labute approximate surface area is 80.5 Å². The minimum atomic E-state index is 1.16. The normalized spacial score (nSPS) is 10.0. The Morgan fingerprint density at radius 1 is 1.27 bits per heavy atom. The highest BCUT2D eigenvalue weighted by Gasteiger charge is 1.90. The number of thioether (sulfide) groups is 1. The predicted octanol–water partition coefficient (Wildman–Crippen LogP) is 3.35. The van der Waals surface area contributed by atoms with Crippen LogP contribution in [0.1, 0.15) is 5.56 Å². The van der Waals surface area contributed by atoms with E-state index >= 15 is 0 Å². The molecule has 0 amide bonds. The van der Waals surface area contributed by atoms with E-state index in [-0.39, 0.29) is 0 Å². The summed E-state index contributed by atoms with van der Waals surface area (Å²) in [4.78, 5) is 0. The average molecular weight is 231 g/mol. The van der Waals surface area contributed by atoms with Crippen molar-refractivity contribution < 1.29 is 0 Å². The molecule has 0 fully saturated rings. The van der Waals surface area contributed by atoms with E-state index in [1.807, 2.05) is 11.8 Å². The second kappa shape index (κ2) is 4.83. The zero-order chi connectivity index (χ0) is 8.10. The largest absolute Gasteiger partial charge is 0.165 e. The molecule has 1 aromatic rings. The second-order valence-corrected chi connectivity index (χ2v) is 4.27. The minimum absolute atomic E-state index is 1.16. The number of halogens is 1. The summed E-state index contributed by atoms with van der Waals surface area (Å²) in [5.74, 6) is 1.21. The molecular weight excluding hydrogens is 220 g/mol. The Morgan fingerprint density at radius 3 is 2.45 bits per heavy atom. The third-order valence-electron chi connectivity index (χ3n) is 1.51. The zero-order valence-corrected chi connectivity index (χ0v) is 8.91. The van der Waals surface area contributed by atoms with Gasteiger partial charge >= 0.3 is 0 Å². The maximum absolute atomic E-state index is 3.41.